The maximum atomic E-state index is 10.8. The largest absolute Gasteiger partial charge is 0.369 e. The van der Waals surface area contributed by atoms with Crippen LogP contribution in [0.5, 0.6) is 0 Å². The van der Waals surface area contributed by atoms with Crippen molar-refractivity contribution in [2.75, 3.05) is 6.54 Å². The third-order valence-electron chi connectivity index (χ3n) is 1.63. The molecule has 5 heteroatoms. The minimum Gasteiger partial charge on any atom is -0.369 e. The summed E-state index contributed by atoms with van der Waals surface area (Å²) in [4.78, 5) is 21.6. The Morgan fingerprint density at radius 3 is 2.46 bits per heavy atom. The topological polar surface area (TPSA) is 96.0 Å². The molecule has 0 fully saturated rings. The van der Waals surface area contributed by atoms with Gasteiger partial charge in [0.05, 0.1) is 11.5 Å². The Bertz CT molecular complexity index is 253. The summed E-state index contributed by atoms with van der Waals surface area (Å²) in [7, 11) is 0. The molecular weight excluding hydrogens is 170 g/mol. The van der Waals surface area contributed by atoms with Gasteiger partial charge in [0, 0.05) is 6.54 Å². The van der Waals surface area contributed by atoms with Crippen molar-refractivity contribution >= 4 is 11.8 Å². The number of nitrogens with one attached hydrogen (secondary N) is 1. The molecule has 0 atom stereocenters. The maximum absolute atomic E-state index is 10.8. The highest BCUT2D eigenvalue weighted by atomic mass is 16.2. The number of nitriles is 1. The SMILES string of the molecule is CC(C)(CNC(=O)CC#N)C(N)=O. The number of carbonyl (C=O) groups excluding carboxylic acids is 2. The van der Waals surface area contributed by atoms with E-state index in [1.165, 1.54) is 0 Å². The Balaban J connectivity index is 3.96. The monoisotopic (exact) mass is 183 g/mol. The normalized spacial score (nSPS) is 10.2. The lowest BCUT2D eigenvalue weighted by Gasteiger charge is -2.20. The van der Waals surface area contributed by atoms with E-state index in [1.54, 1.807) is 19.9 Å². The fourth-order valence-corrected chi connectivity index (χ4v) is 0.541. The van der Waals surface area contributed by atoms with Gasteiger partial charge in [-0.05, 0) is 13.8 Å². The molecule has 72 valence electrons. The van der Waals surface area contributed by atoms with Crippen LogP contribution in [-0.2, 0) is 9.59 Å². The molecule has 0 aromatic carbocycles. The molecule has 0 rings (SSSR count). The van der Waals surface area contributed by atoms with Crippen LogP contribution in [0.1, 0.15) is 20.3 Å². The molecule has 0 aliphatic heterocycles. The average Bonchev–Trinajstić information content (AvgIpc) is 2.01. The lowest BCUT2D eigenvalue weighted by Crippen LogP contribution is -2.42. The van der Waals surface area contributed by atoms with Crippen molar-refractivity contribution in [3.05, 3.63) is 0 Å². The number of primary amides is 1. The van der Waals surface area contributed by atoms with Gasteiger partial charge < -0.3 is 11.1 Å². The molecule has 0 bridgehead atoms. The van der Waals surface area contributed by atoms with Gasteiger partial charge in [-0.15, -0.1) is 0 Å². The lowest BCUT2D eigenvalue weighted by atomic mass is 9.93. The van der Waals surface area contributed by atoms with Crippen LogP contribution in [0, 0.1) is 16.7 Å². The molecule has 0 radical (unpaired) electrons. The quantitative estimate of drug-likeness (QED) is 0.616. The number of rotatable bonds is 4. The van der Waals surface area contributed by atoms with Crippen molar-refractivity contribution in [3.63, 3.8) is 0 Å². The van der Waals surface area contributed by atoms with Gasteiger partial charge in [0.15, 0.2) is 0 Å². The molecule has 0 aliphatic carbocycles. The van der Waals surface area contributed by atoms with E-state index in [9.17, 15) is 9.59 Å². The van der Waals surface area contributed by atoms with Crippen LogP contribution in [-0.4, -0.2) is 18.4 Å². The van der Waals surface area contributed by atoms with E-state index in [-0.39, 0.29) is 13.0 Å². The predicted molar refractivity (Wildman–Crippen MR) is 46.2 cm³/mol. The third-order valence-corrected chi connectivity index (χ3v) is 1.63. The van der Waals surface area contributed by atoms with E-state index in [4.69, 9.17) is 11.0 Å². The number of nitrogens with two attached hydrogens (primary N) is 1. The van der Waals surface area contributed by atoms with E-state index in [2.05, 4.69) is 5.32 Å². The van der Waals surface area contributed by atoms with Gasteiger partial charge in [-0.1, -0.05) is 0 Å². The Labute approximate surface area is 76.9 Å². The highest BCUT2D eigenvalue weighted by Gasteiger charge is 2.25. The molecule has 0 aliphatic rings. The first-order chi connectivity index (χ1) is 5.90. The lowest BCUT2D eigenvalue weighted by molar-refractivity contribution is -0.126. The van der Waals surface area contributed by atoms with Crippen LogP contribution in [0.4, 0.5) is 0 Å². The number of hydrogen-bond acceptors (Lipinski definition) is 3. The summed E-state index contributed by atoms with van der Waals surface area (Å²) in [5.41, 5.74) is 4.30. The van der Waals surface area contributed by atoms with Crippen molar-refractivity contribution in [3.8, 4) is 6.07 Å². The summed E-state index contributed by atoms with van der Waals surface area (Å²) in [5.74, 6) is -0.874. The number of amides is 2. The molecule has 0 saturated heterocycles. The second kappa shape index (κ2) is 4.45. The maximum Gasteiger partial charge on any atom is 0.234 e. The fourth-order valence-electron chi connectivity index (χ4n) is 0.541. The first-order valence-electron chi connectivity index (χ1n) is 3.83. The molecular formula is C8H13N3O2. The molecule has 0 aromatic rings. The van der Waals surface area contributed by atoms with Crippen molar-refractivity contribution in [2.24, 2.45) is 11.1 Å². The van der Waals surface area contributed by atoms with Crippen LogP contribution >= 0.6 is 0 Å². The van der Waals surface area contributed by atoms with Gasteiger partial charge >= 0.3 is 0 Å². The van der Waals surface area contributed by atoms with E-state index in [0.717, 1.165) is 0 Å². The zero-order chi connectivity index (χ0) is 10.5. The van der Waals surface area contributed by atoms with E-state index < -0.39 is 17.2 Å². The van der Waals surface area contributed by atoms with Gasteiger partial charge in [0.1, 0.15) is 6.42 Å². The average molecular weight is 183 g/mol. The molecule has 0 spiro atoms. The zero-order valence-corrected chi connectivity index (χ0v) is 7.76. The zero-order valence-electron chi connectivity index (χ0n) is 7.76. The van der Waals surface area contributed by atoms with Crippen molar-refractivity contribution in [1.29, 1.82) is 5.26 Å². The Morgan fingerprint density at radius 1 is 1.54 bits per heavy atom. The standard InChI is InChI=1S/C8H13N3O2/c1-8(2,7(10)13)5-11-6(12)3-4-9/h3,5H2,1-2H3,(H2,10,13)(H,11,12). The Hall–Kier alpha value is -1.57. The molecule has 5 nitrogen and oxygen atoms in total. The highest BCUT2D eigenvalue weighted by Crippen LogP contribution is 2.11. The third kappa shape index (κ3) is 4.11. The number of nitrogens with zero attached hydrogens (tertiary/aromatic N) is 1. The van der Waals surface area contributed by atoms with Crippen LogP contribution in [0.15, 0.2) is 0 Å². The summed E-state index contributed by atoms with van der Waals surface area (Å²) < 4.78 is 0. The van der Waals surface area contributed by atoms with Crippen LogP contribution in [0.3, 0.4) is 0 Å². The number of hydrogen-bond donors (Lipinski definition) is 2. The van der Waals surface area contributed by atoms with E-state index in [0.29, 0.717) is 0 Å². The fraction of sp³-hybridized carbons (Fsp3) is 0.625. The first-order valence-corrected chi connectivity index (χ1v) is 3.83. The summed E-state index contributed by atoms with van der Waals surface area (Å²) >= 11 is 0. The number of carbonyl (C=O) groups is 2. The van der Waals surface area contributed by atoms with E-state index >= 15 is 0 Å². The molecule has 13 heavy (non-hydrogen) atoms. The summed E-state index contributed by atoms with van der Waals surface area (Å²) in [6.07, 6.45) is -0.200. The molecule has 2 amide bonds. The highest BCUT2D eigenvalue weighted by molar-refractivity contribution is 5.82. The van der Waals surface area contributed by atoms with Gasteiger partial charge in [0.2, 0.25) is 11.8 Å². The predicted octanol–water partition coefficient (Wildman–Crippen LogP) is -0.472. The second-order valence-electron chi connectivity index (χ2n) is 3.36. The first kappa shape index (κ1) is 11.4. The van der Waals surface area contributed by atoms with E-state index in [1.807, 2.05) is 0 Å². The Kier molecular flexibility index (Phi) is 3.92. The summed E-state index contributed by atoms with van der Waals surface area (Å²) in [6.45, 7) is 3.41. The molecule has 0 aromatic heterocycles. The van der Waals surface area contributed by atoms with Gasteiger partial charge in [-0.3, -0.25) is 9.59 Å². The summed E-state index contributed by atoms with van der Waals surface area (Å²) in [6, 6.07) is 1.70. The smallest absolute Gasteiger partial charge is 0.234 e. The molecule has 0 saturated carbocycles. The van der Waals surface area contributed by atoms with Crippen molar-refractivity contribution < 1.29 is 9.59 Å². The molecule has 0 unspecified atom stereocenters. The van der Waals surface area contributed by atoms with Crippen molar-refractivity contribution in [2.45, 2.75) is 20.3 Å². The summed E-state index contributed by atoms with van der Waals surface area (Å²) in [5, 5.41) is 10.6. The minimum atomic E-state index is -0.773. The molecule has 0 heterocycles. The van der Waals surface area contributed by atoms with Gasteiger partial charge in [-0.2, -0.15) is 5.26 Å². The van der Waals surface area contributed by atoms with Crippen LogP contribution < -0.4 is 11.1 Å². The Morgan fingerprint density at radius 2 is 2.08 bits per heavy atom. The van der Waals surface area contributed by atoms with Gasteiger partial charge in [0.25, 0.3) is 0 Å². The van der Waals surface area contributed by atoms with Crippen LogP contribution in [0.25, 0.3) is 0 Å². The van der Waals surface area contributed by atoms with Gasteiger partial charge in [-0.25, -0.2) is 0 Å². The minimum absolute atomic E-state index is 0.156. The second-order valence-corrected chi connectivity index (χ2v) is 3.36. The molecule has 3 N–H and O–H groups in total. The van der Waals surface area contributed by atoms with Crippen molar-refractivity contribution in [1.82, 2.24) is 5.32 Å². The van der Waals surface area contributed by atoms with Crippen LogP contribution in [0.2, 0.25) is 0 Å².